The maximum Gasteiger partial charge on any atom is 0.339 e. The lowest BCUT2D eigenvalue weighted by Crippen LogP contribution is -2.52. The van der Waals surface area contributed by atoms with Crippen molar-refractivity contribution in [2.24, 2.45) is 0 Å². The summed E-state index contributed by atoms with van der Waals surface area (Å²) in [4.78, 5) is 22.6. The molecule has 6 heteroatoms. The van der Waals surface area contributed by atoms with E-state index in [0.29, 0.717) is 0 Å². The van der Waals surface area contributed by atoms with E-state index in [2.05, 4.69) is 10.6 Å². The molecular formula is C13H16N2O4. The summed E-state index contributed by atoms with van der Waals surface area (Å²) >= 11 is 0. The van der Waals surface area contributed by atoms with E-state index in [9.17, 15) is 14.7 Å². The Bertz CT molecular complexity index is 523. The number of aromatic carboxylic acids is 1. The number of para-hydroxylation sites is 1. The standard InChI is InChI=1S/C13H16N2O4/c1-13(6-3-7-13)15-12(19)14-9-5-2-4-8(10(9)16)11(17)18/h2,4-5,16H,3,6-7H2,1H3,(H,17,18)(H2,14,15,19). The van der Waals surface area contributed by atoms with Crippen molar-refractivity contribution in [3.05, 3.63) is 23.8 Å². The normalized spacial score (nSPS) is 16.3. The van der Waals surface area contributed by atoms with Crippen molar-refractivity contribution in [2.75, 3.05) is 5.32 Å². The first-order chi connectivity index (χ1) is 8.91. The molecule has 1 aromatic rings. The summed E-state index contributed by atoms with van der Waals surface area (Å²) in [6.07, 6.45) is 2.92. The number of benzene rings is 1. The van der Waals surface area contributed by atoms with Gasteiger partial charge in [0.2, 0.25) is 0 Å². The van der Waals surface area contributed by atoms with Crippen LogP contribution in [0, 0.1) is 0 Å². The van der Waals surface area contributed by atoms with Crippen molar-refractivity contribution in [1.29, 1.82) is 0 Å². The quantitative estimate of drug-likeness (QED) is 0.629. The lowest BCUT2D eigenvalue weighted by atomic mass is 9.79. The van der Waals surface area contributed by atoms with Crippen molar-refractivity contribution in [3.63, 3.8) is 0 Å². The molecule has 0 radical (unpaired) electrons. The van der Waals surface area contributed by atoms with Gasteiger partial charge in [0.25, 0.3) is 0 Å². The van der Waals surface area contributed by atoms with Gasteiger partial charge in [0, 0.05) is 5.54 Å². The number of amides is 2. The number of hydrogen-bond acceptors (Lipinski definition) is 3. The molecule has 4 N–H and O–H groups in total. The second-order valence-corrected chi connectivity index (χ2v) is 5.00. The Morgan fingerprint density at radius 1 is 1.32 bits per heavy atom. The third-order valence-electron chi connectivity index (χ3n) is 3.39. The van der Waals surface area contributed by atoms with Crippen LogP contribution >= 0.6 is 0 Å². The SMILES string of the molecule is CC1(NC(=O)Nc2cccc(C(=O)O)c2O)CCC1. The summed E-state index contributed by atoms with van der Waals surface area (Å²) in [6, 6.07) is 3.74. The van der Waals surface area contributed by atoms with Crippen molar-refractivity contribution in [1.82, 2.24) is 5.32 Å². The van der Waals surface area contributed by atoms with Gasteiger partial charge in [-0.2, -0.15) is 0 Å². The molecule has 1 fully saturated rings. The van der Waals surface area contributed by atoms with Crippen molar-refractivity contribution in [3.8, 4) is 5.75 Å². The number of carbonyl (C=O) groups excluding carboxylic acids is 1. The van der Waals surface area contributed by atoms with Gasteiger partial charge in [-0.25, -0.2) is 9.59 Å². The molecule has 6 nitrogen and oxygen atoms in total. The lowest BCUT2D eigenvalue weighted by Gasteiger charge is -2.39. The molecule has 1 aliphatic carbocycles. The number of hydrogen-bond donors (Lipinski definition) is 4. The van der Waals surface area contributed by atoms with E-state index >= 15 is 0 Å². The van der Waals surface area contributed by atoms with Crippen LogP contribution in [0.5, 0.6) is 5.75 Å². The van der Waals surface area contributed by atoms with Gasteiger partial charge in [-0.15, -0.1) is 0 Å². The molecule has 0 aliphatic heterocycles. The predicted molar refractivity (Wildman–Crippen MR) is 69.5 cm³/mol. The summed E-state index contributed by atoms with van der Waals surface area (Å²) < 4.78 is 0. The van der Waals surface area contributed by atoms with E-state index in [1.165, 1.54) is 18.2 Å². The summed E-state index contributed by atoms with van der Waals surface area (Å²) in [5.74, 6) is -1.68. The summed E-state index contributed by atoms with van der Waals surface area (Å²) in [5.41, 5.74) is -0.364. The Balaban J connectivity index is 2.08. The number of rotatable bonds is 3. The van der Waals surface area contributed by atoms with Crippen LogP contribution in [0.25, 0.3) is 0 Å². The molecule has 2 rings (SSSR count). The second-order valence-electron chi connectivity index (χ2n) is 5.00. The van der Waals surface area contributed by atoms with E-state index in [1.54, 1.807) is 0 Å². The number of carboxylic acids is 1. The van der Waals surface area contributed by atoms with E-state index in [0.717, 1.165) is 19.3 Å². The molecule has 0 saturated heterocycles. The topological polar surface area (TPSA) is 98.7 Å². The highest BCUT2D eigenvalue weighted by Gasteiger charge is 2.33. The average molecular weight is 264 g/mol. The molecule has 0 aromatic heterocycles. The van der Waals surface area contributed by atoms with Crippen LogP contribution in [0.3, 0.4) is 0 Å². The van der Waals surface area contributed by atoms with Gasteiger partial charge in [0.15, 0.2) is 5.75 Å². The molecule has 1 aromatic carbocycles. The number of nitrogens with one attached hydrogen (secondary N) is 2. The zero-order chi connectivity index (χ0) is 14.0. The number of phenols is 1. The highest BCUT2D eigenvalue weighted by atomic mass is 16.4. The number of urea groups is 1. The van der Waals surface area contributed by atoms with E-state index < -0.39 is 17.7 Å². The van der Waals surface area contributed by atoms with Gasteiger partial charge >= 0.3 is 12.0 Å². The third kappa shape index (κ3) is 2.78. The zero-order valence-electron chi connectivity index (χ0n) is 10.6. The van der Waals surface area contributed by atoms with Crippen LogP contribution in [-0.2, 0) is 0 Å². The Morgan fingerprint density at radius 3 is 2.53 bits per heavy atom. The minimum absolute atomic E-state index is 0.0836. The predicted octanol–water partition coefficient (Wildman–Crippen LogP) is 2.15. The highest BCUT2D eigenvalue weighted by Crippen LogP contribution is 2.31. The number of carboxylic acid groups (broad SMARTS) is 1. The largest absolute Gasteiger partial charge is 0.505 e. The summed E-state index contributed by atoms with van der Waals surface area (Å²) in [6.45, 7) is 1.95. The lowest BCUT2D eigenvalue weighted by molar-refractivity contribution is 0.0693. The van der Waals surface area contributed by atoms with Gasteiger partial charge < -0.3 is 20.8 Å². The molecule has 0 spiro atoms. The number of aromatic hydroxyl groups is 1. The minimum Gasteiger partial charge on any atom is -0.505 e. The van der Waals surface area contributed by atoms with Crippen molar-refractivity contribution < 1.29 is 19.8 Å². The molecule has 0 unspecified atom stereocenters. The van der Waals surface area contributed by atoms with Crippen LogP contribution in [0.4, 0.5) is 10.5 Å². The molecule has 0 atom stereocenters. The molecule has 19 heavy (non-hydrogen) atoms. The van der Waals surface area contributed by atoms with Gasteiger partial charge in [-0.05, 0) is 38.3 Å². The second kappa shape index (κ2) is 4.79. The summed E-state index contributed by atoms with van der Waals surface area (Å²) in [5, 5.41) is 23.9. The van der Waals surface area contributed by atoms with Gasteiger partial charge in [0.1, 0.15) is 5.56 Å². The van der Waals surface area contributed by atoms with Crippen molar-refractivity contribution in [2.45, 2.75) is 31.7 Å². The Labute approximate surface area is 110 Å². The first-order valence-electron chi connectivity index (χ1n) is 6.06. The van der Waals surface area contributed by atoms with Crippen LogP contribution in [0.2, 0.25) is 0 Å². The number of carbonyl (C=O) groups is 2. The fourth-order valence-corrected chi connectivity index (χ4v) is 2.08. The first kappa shape index (κ1) is 13.2. The summed E-state index contributed by atoms with van der Waals surface area (Å²) in [7, 11) is 0. The third-order valence-corrected chi connectivity index (χ3v) is 3.39. The zero-order valence-corrected chi connectivity index (χ0v) is 10.6. The van der Waals surface area contributed by atoms with E-state index in [-0.39, 0.29) is 16.8 Å². The number of anilines is 1. The van der Waals surface area contributed by atoms with Gasteiger partial charge in [0.05, 0.1) is 5.69 Å². The van der Waals surface area contributed by atoms with Crippen molar-refractivity contribution >= 4 is 17.7 Å². The molecule has 102 valence electrons. The molecule has 1 aliphatic rings. The van der Waals surface area contributed by atoms with E-state index in [4.69, 9.17) is 5.11 Å². The first-order valence-corrected chi connectivity index (χ1v) is 6.06. The highest BCUT2D eigenvalue weighted by molar-refractivity contribution is 5.97. The van der Waals surface area contributed by atoms with Crippen LogP contribution in [0.1, 0.15) is 36.5 Å². The monoisotopic (exact) mass is 264 g/mol. The minimum atomic E-state index is -1.24. The Kier molecular flexibility index (Phi) is 3.33. The van der Waals surface area contributed by atoms with Crippen LogP contribution < -0.4 is 10.6 Å². The average Bonchev–Trinajstić information content (AvgIpc) is 2.29. The molecule has 0 heterocycles. The maximum absolute atomic E-state index is 11.8. The fraction of sp³-hybridized carbons (Fsp3) is 0.385. The Morgan fingerprint density at radius 2 is 2.00 bits per heavy atom. The molecule has 1 saturated carbocycles. The Hall–Kier alpha value is -2.24. The fourth-order valence-electron chi connectivity index (χ4n) is 2.08. The molecule has 0 bridgehead atoms. The molecular weight excluding hydrogens is 248 g/mol. The molecule has 2 amide bonds. The smallest absolute Gasteiger partial charge is 0.339 e. The van der Waals surface area contributed by atoms with E-state index in [1.807, 2.05) is 6.92 Å². The van der Waals surface area contributed by atoms with Gasteiger partial charge in [-0.1, -0.05) is 6.07 Å². The van der Waals surface area contributed by atoms with Crippen LogP contribution in [-0.4, -0.2) is 27.8 Å². The maximum atomic E-state index is 11.8. The van der Waals surface area contributed by atoms with Crippen LogP contribution in [0.15, 0.2) is 18.2 Å². The van der Waals surface area contributed by atoms with Gasteiger partial charge in [-0.3, -0.25) is 0 Å².